The summed E-state index contributed by atoms with van der Waals surface area (Å²) < 4.78 is 21.3. The van der Waals surface area contributed by atoms with E-state index in [9.17, 15) is 35.7 Å². The predicted molar refractivity (Wildman–Crippen MR) is 82.6 cm³/mol. The van der Waals surface area contributed by atoms with Crippen LogP contribution in [0.25, 0.3) is 0 Å². The van der Waals surface area contributed by atoms with Crippen LogP contribution in [0.4, 0.5) is 0 Å². The first-order chi connectivity index (χ1) is 12.3. The summed E-state index contributed by atoms with van der Waals surface area (Å²) >= 11 is 0. The Morgan fingerprint density at radius 3 is 2.12 bits per heavy atom. The van der Waals surface area contributed by atoms with Crippen LogP contribution in [0.5, 0.6) is 0 Å². The number of aliphatic hydroxyl groups is 7. The van der Waals surface area contributed by atoms with Crippen molar-refractivity contribution in [1.29, 1.82) is 0 Å². The summed E-state index contributed by atoms with van der Waals surface area (Å²) in [5, 5.41) is 68.6. The normalized spacial score (nSPS) is 47.1. The van der Waals surface area contributed by atoms with Crippen LogP contribution < -0.4 is 0 Å². The van der Waals surface area contributed by atoms with Crippen molar-refractivity contribution in [3.8, 4) is 0 Å². The first kappa shape index (κ1) is 21.9. The van der Waals surface area contributed by atoms with Crippen LogP contribution in [0.15, 0.2) is 0 Å². The fourth-order valence-corrected chi connectivity index (χ4v) is 2.90. The molecule has 0 saturated carbocycles. The molecular formula is C15H28O11. The van der Waals surface area contributed by atoms with Gasteiger partial charge in [-0.15, -0.1) is 0 Å². The van der Waals surface area contributed by atoms with Crippen molar-refractivity contribution in [2.24, 2.45) is 0 Å². The van der Waals surface area contributed by atoms with Gasteiger partial charge in [-0.05, 0) is 6.42 Å². The molecule has 2 rings (SSSR count). The Morgan fingerprint density at radius 2 is 1.50 bits per heavy atom. The molecule has 11 heteroatoms. The molecule has 0 aromatic heterocycles. The highest BCUT2D eigenvalue weighted by molar-refractivity contribution is 4.93. The van der Waals surface area contributed by atoms with Gasteiger partial charge in [0, 0.05) is 6.61 Å². The molecule has 11 nitrogen and oxygen atoms in total. The Morgan fingerprint density at radius 1 is 0.808 bits per heavy atom. The van der Waals surface area contributed by atoms with Crippen LogP contribution >= 0.6 is 0 Å². The Hall–Kier alpha value is -0.440. The van der Waals surface area contributed by atoms with Crippen molar-refractivity contribution in [3.05, 3.63) is 0 Å². The maximum Gasteiger partial charge on any atom is 0.187 e. The van der Waals surface area contributed by atoms with E-state index in [0.717, 1.165) is 6.42 Å². The highest BCUT2D eigenvalue weighted by Crippen LogP contribution is 2.28. The molecule has 0 bridgehead atoms. The fourth-order valence-electron chi connectivity index (χ4n) is 2.90. The molecule has 2 heterocycles. The Bertz CT molecular complexity index is 422. The highest BCUT2D eigenvalue weighted by atomic mass is 16.7. The molecule has 0 amide bonds. The van der Waals surface area contributed by atoms with E-state index in [1.807, 2.05) is 6.92 Å². The van der Waals surface area contributed by atoms with Crippen LogP contribution in [0, 0.1) is 0 Å². The number of rotatable bonds is 7. The maximum absolute atomic E-state index is 10.2. The minimum Gasteiger partial charge on any atom is -0.394 e. The first-order valence-corrected chi connectivity index (χ1v) is 8.55. The van der Waals surface area contributed by atoms with Gasteiger partial charge in [-0.3, -0.25) is 0 Å². The van der Waals surface area contributed by atoms with Crippen molar-refractivity contribution in [1.82, 2.24) is 0 Å². The van der Waals surface area contributed by atoms with Gasteiger partial charge in [-0.1, -0.05) is 6.92 Å². The Labute approximate surface area is 150 Å². The highest BCUT2D eigenvalue weighted by Gasteiger charge is 2.50. The third-order valence-corrected chi connectivity index (χ3v) is 4.43. The second kappa shape index (κ2) is 9.66. The molecule has 26 heavy (non-hydrogen) atoms. The van der Waals surface area contributed by atoms with Gasteiger partial charge in [0.05, 0.1) is 13.2 Å². The van der Waals surface area contributed by atoms with Crippen molar-refractivity contribution in [3.63, 3.8) is 0 Å². The molecule has 10 unspecified atom stereocenters. The van der Waals surface area contributed by atoms with E-state index in [4.69, 9.17) is 18.9 Å². The average molecular weight is 384 g/mol. The van der Waals surface area contributed by atoms with Gasteiger partial charge in [-0.25, -0.2) is 0 Å². The second-order valence-electron chi connectivity index (χ2n) is 6.42. The maximum atomic E-state index is 10.2. The topological polar surface area (TPSA) is 179 Å². The van der Waals surface area contributed by atoms with Crippen molar-refractivity contribution < 1.29 is 54.7 Å². The lowest BCUT2D eigenvalue weighted by atomic mass is 9.97. The van der Waals surface area contributed by atoms with Gasteiger partial charge < -0.3 is 54.7 Å². The summed E-state index contributed by atoms with van der Waals surface area (Å²) in [5.41, 5.74) is 0. The van der Waals surface area contributed by atoms with E-state index < -0.39 is 68.0 Å². The predicted octanol–water partition coefficient (Wildman–Crippen LogP) is -3.96. The third-order valence-electron chi connectivity index (χ3n) is 4.43. The van der Waals surface area contributed by atoms with Crippen LogP contribution in [0.2, 0.25) is 0 Å². The molecule has 0 aliphatic carbocycles. The minimum absolute atomic E-state index is 0.0726. The van der Waals surface area contributed by atoms with Gasteiger partial charge in [0.1, 0.15) is 48.8 Å². The lowest BCUT2D eigenvalue weighted by molar-refractivity contribution is -0.356. The van der Waals surface area contributed by atoms with Gasteiger partial charge in [0.25, 0.3) is 0 Å². The number of hydrogen-bond donors (Lipinski definition) is 7. The van der Waals surface area contributed by atoms with Crippen LogP contribution in [-0.2, 0) is 18.9 Å². The Kier molecular flexibility index (Phi) is 8.12. The molecular weight excluding hydrogens is 356 g/mol. The van der Waals surface area contributed by atoms with Crippen LogP contribution in [-0.4, -0.2) is 117 Å². The summed E-state index contributed by atoms with van der Waals surface area (Å²) in [6.45, 7) is 1.56. The lowest BCUT2D eigenvalue weighted by Gasteiger charge is -2.45. The summed E-state index contributed by atoms with van der Waals surface area (Å²) in [6.07, 6.45) is -14.1. The second-order valence-corrected chi connectivity index (χ2v) is 6.42. The van der Waals surface area contributed by atoms with E-state index in [1.165, 1.54) is 0 Å². The van der Waals surface area contributed by atoms with Gasteiger partial charge in [0.2, 0.25) is 0 Å². The molecule has 0 spiro atoms. The molecule has 2 fully saturated rings. The summed E-state index contributed by atoms with van der Waals surface area (Å²) in [7, 11) is 0. The zero-order chi connectivity index (χ0) is 19.4. The largest absolute Gasteiger partial charge is 0.394 e. The molecule has 7 N–H and O–H groups in total. The summed E-state index contributed by atoms with van der Waals surface area (Å²) in [6, 6.07) is 0. The van der Waals surface area contributed by atoms with Crippen molar-refractivity contribution in [2.75, 3.05) is 19.8 Å². The quantitative estimate of drug-likeness (QED) is 0.213. The zero-order valence-electron chi connectivity index (χ0n) is 14.4. The monoisotopic (exact) mass is 384 g/mol. The average Bonchev–Trinajstić information content (AvgIpc) is 2.63. The van der Waals surface area contributed by atoms with E-state index in [1.54, 1.807) is 0 Å². The zero-order valence-corrected chi connectivity index (χ0v) is 14.4. The summed E-state index contributed by atoms with van der Waals surface area (Å²) in [4.78, 5) is 0. The number of aliphatic hydroxyl groups excluding tert-OH is 7. The molecule has 2 aliphatic rings. The molecule has 0 radical (unpaired) electrons. The van der Waals surface area contributed by atoms with Crippen molar-refractivity contribution in [2.45, 2.75) is 74.8 Å². The van der Waals surface area contributed by atoms with Crippen LogP contribution in [0.3, 0.4) is 0 Å². The van der Waals surface area contributed by atoms with Gasteiger partial charge in [-0.2, -0.15) is 0 Å². The van der Waals surface area contributed by atoms with Gasteiger partial charge >= 0.3 is 0 Å². The van der Waals surface area contributed by atoms with E-state index in [2.05, 4.69) is 0 Å². The van der Waals surface area contributed by atoms with E-state index >= 15 is 0 Å². The first-order valence-electron chi connectivity index (χ1n) is 8.55. The lowest BCUT2D eigenvalue weighted by Crippen LogP contribution is -2.64. The van der Waals surface area contributed by atoms with Crippen LogP contribution in [0.1, 0.15) is 13.3 Å². The standard InChI is InChI=1S/C15H28O11/c1-2-3-23-5-7-13(10(19)11(20)14(22)24-7)26-15-12(21)9(18)8(17)6(4-16)25-15/h6-22H,2-5H2,1H3. The van der Waals surface area contributed by atoms with Gasteiger partial charge in [0.15, 0.2) is 12.6 Å². The minimum atomic E-state index is -1.68. The van der Waals surface area contributed by atoms with E-state index in [-0.39, 0.29) is 6.61 Å². The Balaban J connectivity index is 2.10. The fraction of sp³-hybridized carbons (Fsp3) is 1.00. The molecule has 10 atom stereocenters. The third kappa shape index (κ3) is 4.69. The number of hydrogen-bond acceptors (Lipinski definition) is 11. The molecule has 2 aliphatic heterocycles. The number of ether oxygens (including phenoxy) is 4. The summed E-state index contributed by atoms with van der Waals surface area (Å²) in [5.74, 6) is 0. The smallest absolute Gasteiger partial charge is 0.187 e. The van der Waals surface area contributed by atoms with Crippen molar-refractivity contribution >= 4 is 0 Å². The molecule has 0 aromatic rings. The molecule has 0 aromatic carbocycles. The molecule has 154 valence electrons. The molecule has 2 saturated heterocycles. The van der Waals surface area contributed by atoms with E-state index in [0.29, 0.717) is 6.61 Å². The SMILES string of the molecule is CCCOCC1OC(O)C(O)C(O)C1OC1OC(CO)C(O)C(O)C1O.